The third-order valence-electron chi connectivity index (χ3n) is 6.68. The van der Waals surface area contributed by atoms with Crippen molar-refractivity contribution in [2.45, 2.75) is 13.3 Å². The zero-order chi connectivity index (χ0) is 27.6. The average molecular weight is 533 g/mol. The van der Waals surface area contributed by atoms with Gasteiger partial charge >= 0.3 is 0 Å². The third-order valence-corrected chi connectivity index (χ3v) is 6.68. The first kappa shape index (κ1) is 25.3. The summed E-state index contributed by atoms with van der Waals surface area (Å²) in [5.41, 5.74) is 5.45. The Bertz CT molecular complexity index is 1770. The molecule has 3 aromatic heterocycles. The van der Waals surface area contributed by atoms with Gasteiger partial charge in [-0.1, -0.05) is 6.08 Å². The number of pyridine rings is 1. The van der Waals surface area contributed by atoms with Crippen molar-refractivity contribution in [2.75, 3.05) is 37.4 Å². The number of nitrogens with one attached hydrogen (secondary N) is 1. The standard InChI is InChI=1S/C30H28N8O2/c1-19-16-21(4-8-26(19)40-22-5-6-23-25(17-22)32-13-12-31-23)35-29-28-24(33-18-34-29)7-9-27(36-28)38-15-11-20(30(38)39)10-14-37(2)3/h4-10,12-13,16-18H,11,14-15H2,1-3H3,(H,33,34,35)/b20-10+. The van der Waals surface area contributed by atoms with Crippen molar-refractivity contribution in [3.8, 4) is 11.5 Å². The minimum absolute atomic E-state index is 0.00951. The summed E-state index contributed by atoms with van der Waals surface area (Å²) in [5.74, 6) is 2.55. The van der Waals surface area contributed by atoms with E-state index in [0.29, 0.717) is 41.4 Å². The van der Waals surface area contributed by atoms with Gasteiger partial charge in [-0.15, -0.1) is 0 Å². The molecule has 1 aliphatic heterocycles. The Balaban J connectivity index is 1.23. The van der Waals surface area contributed by atoms with Crippen LogP contribution in [0.5, 0.6) is 11.5 Å². The molecule has 2 aromatic carbocycles. The number of carbonyl (C=O) groups is 1. The van der Waals surface area contributed by atoms with Crippen LogP contribution in [0.1, 0.15) is 12.0 Å². The number of nitrogens with zero attached hydrogens (tertiary/aromatic N) is 7. The smallest absolute Gasteiger partial charge is 0.255 e. The Labute approximate surface area is 231 Å². The first-order valence-electron chi connectivity index (χ1n) is 13.0. The van der Waals surface area contributed by atoms with Gasteiger partial charge in [-0.2, -0.15) is 0 Å². The molecule has 1 fully saturated rings. The van der Waals surface area contributed by atoms with Gasteiger partial charge in [0.15, 0.2) is 5.82 Å². The fourth-order valence-corrected chi connectivity index (χ4v) is 4.60. The van der Waals surface area contributed by atoms with E-state index < -0.39 is 0 Å². The van der Waals surface area contributed by atoms with Crippen LogP contribution in [0.25, 0.3) is 22.1 Å². The molecule has 10 nitrogen and oxygen atoms in total. The molecule has 0 saturated carbocycles. The SMILES string of the molecule is Cc1cc(Nc2ncnc3ccc(N4CC/C(=C\CN(C)C)C4=O)nc23)ccc1Oc1ccc2nccnc2c1. The van der Waals surface area contributed by atoms with Gasteiger partial charge in [-0.05, 0) is 75.5 Å². The van der Waals surface area contributed by atoms with Crippen LogP contribution in [-0.2, 0) is 4.79 Å². The number of aryl methyl sites for hydroxylation is 1. The Morgan fingerprint density at radius 3 is 2.62 bits per heavy atom. The minimum atomic E-state index is -0.00951. The van der Waals surface area contributed by atoms with E-state index in [1.54, 1.807) is 17.3 Å². The molecular weight excluding hydrogens is 504 g/mol. The maximum Gasteiger partial charge on any atom is 0.255 e. The van der Waals surface area contributed by atoms with E-state index in [-0.39, 0.29) is 5.91 Å². The lowest BCUT2D eigenvalue weighted by Crippen LogP contribution is -2.25. The number of benzene rings is 2. The van der Waals surface area contributed by atoms with Crippen molar-refractivity contribution in [1.82, 2.24) is 29.8 Å². The molecule has 1 aliphatic rings. The van der Waals surface area contributed by atoms with E-state index in [9.17, 15) is 4.79 Å². The Hall–Kier alpha value is -4.96. The fraction of sp³-hybridized carbons (Fsp3) is 0.200. The summed E-state index contributed by atoms with van der Waals surface area (Å²) >= 11 is 0. The summed E-state index contributed by atoms with van der Waals surface area (Å²) < 4.78 is 6.14. The fourth-order valence-electron chi connectivity index (χ4n) is 4.60. The van der Waals surface area contributed by atoms with Crippen LogP contribution in [0.4, 0.5) is 17.3 Å². The van der Waals surface area contributed by atoms with Gasteiger partial charge in [0.25, 0.3) is 5.91 Å². The highest BCUT2D eigenvalue weighted by Gasteiger charge is 2.28. The second-order valence-corrected chi connectivity index (χ2v) is 9.87. The van der Waals surface area contributed by atoms with Gasteiger partial charge in [-0.3, -0.25) is 19.7 Å². The van der Waals surface area contributed by atoms with Gasteiger partial charge in [0.05, 0.1) is 16.6 Å². The van der Waals surface area contributed by atoms with Gasteiger partial charge < -0.3 is 15.0 Å². The minimum Gasteiger partial charge on any atom is -0.457 e. The van der Waals surface area contributed by atoms with Gasteiger partial charge in [0, 0.05) is 42.8 Å². The molecule has 1 saturated heterocycles. The second kappa shape index (κ2) is 10.7. The Kier molecular flexibility index (Phi) is 6.75. The zero-order valence-corrected chi connectivity index (χ0v) is 22.5. The molecule has 0 unspecified atom stereocenters. The molecule has 1 amide bonds. The monoisotopic (exact) mass is 532 g/mol. The van der Waals surface area contributed by atoms with Crippen LogP contribution in [-0.4, -0.2) is 62.9 Å². The summed E-state index contributed by atoms with van der Waals surface area (Å²) in [5, 5.41) is 3.37. The van der Waals surface area contributed by atoms with E-state index in [0.717, 1.165) is 40.2 Å². The maximum atomic E-state index is 13.0. The van der Waals surface area contributed by atoms with E-state index in [4.69, 9.17) is 9.72 Å². The quantitative estimate of drug-likeness (QED) is 0.288. The number of fused-ring (bicyclic) bond motifs is 2. The molecule has 0 spiro atoms. The van der Waals surface area contributed by atoms with Crippen molar-refractivity contribution >= 4 is 45.3 Å². The Morgan fingerprint density at radius 1 is 0.975 bits per heavy atom. The Morgan fingerprint density at radius 2 is 1.80 bits per heavy atom. The molecule has 0 radical (unpaired) electrons. The van der Waals surface area contributed by atoms with Crippen LogP contribution in [0.15, 0.2) is 78.9 Å². The first-order valence-corrected chi connectivity index (χ1v) is 13.0. The maximum absolute atomic E-state index is 13.0. The molecule has 40 heavy (non-hydrogen) atoms. The number of hydrogen-bond acceptors (Lipinski definition) is 9. The predicted octanol–water partition coefficient (Wildman–Crippen LogP) is 5.04. The molecule has 0 aliphatic carbocycles. The van der Waals surface area contributed by atoms with Gasteiger partial charge in [-0.25, -0.2) is 15.0 Å². The molecule has 4 heterocycles. The molecule has 200 valence electrons. The number of hydrogen-bond donors (Lipinski definition) is 1. The number of rotatable bonds is 7. The highest BCUT2D eigenvalue weighted by Crippen LogP contribution is 2.31. The zero-order valence-electron chi connectivity index (χ0n) is 22.5. The van der Waals surface area contributed by atoms with Crippen molar-refractivity contribution in [3.05, 3.63) is 84.5 Å². The van der Waals surface area contributed by atoms with Gasteiger partial charge in [0.2, 0.25) is 0 Å². The van der Waals surface area contributed by atoms with Gasteiger partial charge in [0.1, 0.15) is 29.2 Å². The van der Waals surface area contributed by atoms with Crippen molar-refractivity contribution < 1.29 is 9.53 Å². The van der Waals surface area contributed by atoms with Crippen LogP contribution in [0.3, 0.4) is 0 Å². The number of likely N-dealkylation sites (N-methyl/N-ethyl adjacent to an activating group) is 1. The number of carbonyl (C=O) groups excluding carboxylic acids is 1. The largest absolute Gasteiger partial charge is 0.457 e. The van der Waals surface area contributed by atoms with E-state index in [1.807, 2.05) is 80.5 Å². The van der Waals surface area contributed by atoms with Crippen LogP contribution in [0.2, 0.25) is 0 Å². The number of ether oxygens (including phenoxy) is 1. The van der Waals surface area contributed by atoms with Crippen LogP contribution < -0.4 is 15.0 Å². The highest BCUT2D eigenvalue weighted by molar-refractivity contribution is 6.08. The van der Waals surface area contributed by atoms with Crippen LogP contribution >= 0.6 is 0 Å². The molecule has 6 rings (SSSR count). The molecule has 0 atom stereocenters. The van der Waals surface area contributed by atoms with E-state index >= 15 is 0 Å². The van der Waals surface area contributed by atoms with Crippen molar-refractivity contribution in [2.24, 2.45) is 0 Å². The molecule has 5 aromatic rings. The number of amides is 1. The molecule has 10 heteroatoms. The normalized spacial score (nSPS) is 14.6. The summed E-state index contributed by atoms with van der Waals surface area (Å²) in [6.07, 6.45) is 7.52. The highest BCUT2D eigenvalue weighted by atomic mass is 16.5. The number of aromatic nitrogens is 5. The van der Waals surface area contributed by atoms with E-state index in [2.05, 4.69) is 25.3 Å². The third kappa shape index (κ3) is 5.16. The van der Waals surface area contributed by atoms with E-state index in [1.165, 1.54) is 6.33 Å². The average Bonchev–Trinajstić information content (AvgIpc) is 3.33. The predicted molar refractivity (Wildman–Crippen MR) is 155 cm³/mol. The molecule has 1 N–H and O–H groups in total. The van der Waals surface area contributed by atoms with Crippen molar-refractivity contribution in [1.29, 1.82) is 0 Å². The summed E-state index contributed by atoms with van der Waals surface area (Å²) in [6, 6.07) is 15.2. The lowest BCUT2D eigenvalue weighted by atomic mass is 10.2. The summed E-state index contributed by atoms with van der Waals surface area (Å²) in [7, 11) is 3.96. The summed E-state index contributed by atoms with van der Waals surface area (Å²) in [4.78, 5) is 39.0. The topological polar surface area (TPSA) is 109 Å². The number of anilines is 3. The second-order valence-electron chi connectivity index (χ2n) is 9.87. The summed E-state index contributed by atoms with van der Waals surface area (Å²) in [6.45, 7) is 3.30. The van der Waals surface area contributed by atoms with Crippen LogP contribution in [0, 0.1) is 6.92 Å². The van der Waals surface area contributed by atoms with Crippen molar-refractivity contribution in [3.63, 3.8) is 0 Å². The molecular formula is C30H28N8O2. The lowest BCUT2D eigenvalue weighted by Gasteiger charge is -2.16. The lowest BCUT2D eigenvalue weighted by molar-refractivity contribution is -0.114. The molecule has 0 bridgehead atoms. The first-order chi connectivity index (χ1) is 19.4.